The zero-order chi connectivity index (χ0) is 12.4. The highest BCUT2D eigenvalue weighted by molar-refractivity contribution is 7.90. The molecule has 1 aliphatic heterocycles. The van der Waals surface area contributed by atoms with Crippen molar-refractivity contribution in [1.29, 1.82) is 0 Å². The van der Waals surface area contributed by atoms with Gasteiger partial charge in [0.2, 0.25) is 0 Å². The second-order valence-corrected chi connectivity index (χ2v) is 6.88. The van der Waals surface area contributed by atoms with E-state index in [1.807, 2.05) is 18.9 Å². The summed E-state index contributed by atoms with van der Waals surface area (Å²) >= 11 is 0. The zero-order valence-electron chi connectivity index (χ0n) is 10.3. The van der Waals surface area contributed by atoms with Gasteiger partial charge in [0, 0.05) is 26.0 Å². The summed E-state index contributed by atoms with van der Waals surface area (Å²) in [6.45, 7) is 3.69. The molecule has 0 aromatic heterocycles. The number of likely N-dealkylation sites (N-methyl/N-ethyl adjacent to an activating group) is 1. The van der Waals surface area contributed by atoms with Crippen LogP contribution in [0.15, 0.2) is 0 Å². The molecule has 0 amide bonds. The minimum absolute atomic E-state index is 0.0575. The van der Waals surface area contributed by atoms with Crippen molar-refractivity contribution >= 4 is 9.84 Å². The Kier molecular flexibility index (Phi) is 4.34. The average molecular weight is 250 g/mol. The van der Waals surface area contributed by atoms with Crippen LogP contribution in [0, 0.1) is 0 Å². The van der Waals surface area contributed by atoms with Gasteiger partial charge in [-0.15, -0.1) is 0 Å². The Labute approximate surface area is 97.9 Å². The number of hydrogen-bond acceptors (Lipinski definition) is 5. The number of nitrogens with two attached hydrogens (primary N) is 1. The van der Waals surface area contributed by atoms with E-state index in [2.05, 4.69) is 0 Å². The van der Waals surface area contributed by atoms with Crippen LogP contribution in [0.5, 0.6) is 0 Å². The first kappa shape index (κ1) is 13.9. The highest BCUT2D eigenvalue weighted by Crippen LogP contribution is 2.30. The van der Waals surface area contributed by atoms with Crippen LogP contribution in [0.1, 0.15) is 13.3 Å². The van der Waals surface area contributed by atoms with E-state index in [-0.39, 0.29) is 17.4 Å². The van der Waals surface area contributed by atoms with Gasteiger partial charge in [-0.2, -0.15) is 0 Å². The molecule has 96 valence electrons. The van der Waals surface area contributed by atoms with Crippen molar-refractivity contribution < 1.29 is 13.2 Å². The molecular formula is C10H22N2O3S. The van der Waals surface area contributed by atoms with Crippen LogP contribution in [0.25, 0.3) is 0 Å². The van der Waals surface area contributed by atoms with Gasteiger partial charge in [-0.25, -0.2) is 8.42 Å². The highest BCUT2D eigenvalue weighted by atomic mass is 32.2. The fraction of sp³-hybridized carbons (Fsp3) is 1.00. The molecule has 0 radical (unpaired) electrons. The van der Waals surface area contributed by atoms with Crippen LogP contribution in [0.3, 0.4) is 0 Å². The van der Waals surface area contributed by atoms with Gasteiger partial charge in [-0.3, -0.25) is 4.90 Å². The molecule has 1 saturated heterocycles. The van der Waals surface area contributed by atoms with E-state index in [0.717, 1.165) is 6.42 Å². The van der Waals surface area contributed by atoms with Crippen LogP contribution < -0.4 is 5.73 Å². The Hall–Kier alpha value is -0.170. The van der Waals surface area contributed by atoms with E-state index in [9.17, 15) is 8.42 Å². The predicted octanol–water partition coefficient (Wildman–Crippen LogP) is -0.531. The maximum Gasteiger partial charge on any atom is 0.148 e. The number of hydrogen-bond donors (Lipinski definition) is 1. The fourth-order valence-electron chi connectivity index (χ4n) is 2.22. The first-order valence-corrected chi connectivity index (χ1v) is 7.58. The first-order chi connectivity index (χ1) is 7.32. The molecule has 5 nitrogen and oxygen atoms in total. The molecular weight excluding hydrogens is 228 g/mol. The van der Waals surface area contributed by atoms with Crippen LogP contribution in [0.2, 0.25) is 0 Å². The highest BCUT2D eigenvalue weighted by Gasteiger charge is 2.43. The number of rotatable bonds is 5. The quantitative estimate of drug-likeness (QED) is 0.710. The molecule has 0 aromatic rings. The van der Waals surface area contributed by atoms with Gasteiger partial charge >= 0.3 is 0 Å². The second kappa shape index (κ2) is 5.00. The lowest BCUT2D eigenvalue weighted by Gasteiger charge is -2.40. The molecule has 2 atom stereocenters. The summed E-state index contributed by atoms with van der Waals surface area (Å²) in [4.78, 5) is 2.03. The van der Waals surface area contributed by atoms with Crippen molar-refractivity contribution in [3.8, 4) is 0 Å². The van der Waals surface area contributed by atoms with Gasteiger partial charge in [0.05, 0.1) is 17.4 Å². The summed E-state index contributed by atoms with van der Waals surface area (Å²) in [5.41, 5.74) is 5.62. The molecule has 0 aromatic carbocycles. The summed E-state index contributed by atoms with van der Waals surface area (Å²) in [5.74, 6) is 0.165. The van der Waals surface area contributed by atoms with Crippen molar-refractivity contribution in [3.05, 3.63) is 0 Å². The molecule has 0 bridgehead atoms. The summed E-state index contributed by atoms with van der Waals surface area (Å²) in [7, 11) is -1.00. The Bertz CT molecular complexity index is 331. The van der Waals surface area contributed by atoms with Crippen molar-refractivity contribution in [2.75, 3.05) is 38.8 Å². The summed E-state index contributed by atoms with van der Waals surface area (Å²) in [6, 6.07) is 0. The Morgan fingerprint density at radius 3 is 2.56 bits per heavy atom. The van der Waals surface area contributed by atoms with Gasteiger partial charge < -0.3 is 10.5 Å². The predicted molar refractivity (Wildman–Crippen MR) is 64.2 cm³/mol. The van der Waals surface area contributed by atoms with E-state index in [1.54, 1.807) is 0 Å². The van der Waals surface area contributed by atoms with Crippen LogP contribution in [-0.2, 0) is 14.6 Å². The maximum atomic E-state index is 11.1. The number of ether oxygens (including phenoxy) is 1. The molecule has 1 heterocycles. The van der Waals surface area contributed by atoms with Crippen molar-refractivity contribution in [3.63, 3.8) is 0 Å². The molecule has 1 fully saturated rings. The van der Waals surface area contributed by atoms with Gasteiger partial charge in [-0.1, -0.05) is 0 Å². The molecule has 6 heteroatoms. The van der Waals surface area contributed by atoms with E-state index < -0.39 is 9.84 Å². The molecule has 1 aliphatic rings. The van der Waals surface area contributed by atoms with Crippen LogP contribution in [0.4, 0.5) is 0 Å². The molecule has 0 saturated carbocycles. The minimum Gasteiger partial charge on any atom is -0.376 e. The Morgan fingerprint density at radius 2 is 2.19 bits per heavy atom. The lowest BCUT2D eigenvalue weighted by Crippen LogP contribution is -2.57. The zero-order valence-corrected chi connectivity index (χ0v) is 11.1. The van der Waals surface area contributed by atoms with E-state index in [1.165, 1.54) is 6.26 Å². The smallest absolute Gasteiger partial charge is 0.148 e. The minimum atomic E-state index is -2.92. The van der Waals surface area contributed by atoms with Gasteiger partial charge in [0.15, 0.2) is 0 Å². The lowest BCUT2D eigenvalue weighted by atomic mass is 9.90. The standard InChI is InChI=1S/C10H22N2O3S/c1-9-10(8-11,4-6-15-9)12(2)5-7-16(3,13)14/h9H,4-8,11H2,1-3H3. The summed E-state index contributed by atoms with van der Waals surface area (Å²) in [5, 5.41) is 0. The molecule has 16 heavy (non-hydrogen) atoms. The Balaban J connectivity index is 2.66. The summed E-state index contributed by atoms with van der Waals surface area (Å²) < 4.78 is 27.8. The van der Waals surface area contributed by atoms with Gasteiger partial charge in [-0.05, 0) is 20.4 Å². The summed E-state index contributed by atoms with van der Waals surface area (Å²) in [6.07, 6.45) is 2.18. The third-order valence-corrected chi connectivity index (χ3v) is 4.49. The van der Waals surface area contributed by atoms with Crippen LogP contribution in [-0.4, -0.2) is 63.7 Å². The monoisotopic (exact) mass is 250 g/mol. The van der Waals surface area contributed by atoms with Crippen molar-refractivity contribution in [2.45, 2.75) is 25.0 Å². The second-order valence-electron chi connectivity index (χ2n) is 4.62. The number of nitrogens with zero attached hydrogens (tertiary/aromatic N) is 1. The molecule has 0 aliphatic carbocycles. The van der Waals surface area contributed by atoms with E-state index in [4.69, 9.17) is 10.5 Å². The maximum absolute atomic E-state index is 11.1. The molecule has 0 spiro atoms. The van der Waals surface area contributed by atoms with Gasteiger partial charge in [0.25, 0.3) is 0 Å². The topological polar surface area (TPSA) is 72.6 Å². The normalized spacial score (nSPS) is 31.2. The fourth-order valence-corrected chi connectivity index (χ4v) is 2.83. The number of sulfone groups is 1. The molecule has 2 N–H and O–H groups in total. The lowest BCUT2D eigenvalue weighted by molar-refractivity contribution is 0.0313. The Morgan fingerprint density at radius 1 is 1.56 bits per heavy atom. The SMILES string of the molecule is CC1OCCC1(CN)N(C)CCS(C)(=O)=O. The first-order valence-electron chi connectivity index (χ1n) is 5.52. The molecule has 1 rings (SSSR count). The third kappa shape index (κ3) is 2.94. The molecule has 2 unspecified atom stereocenters. The van der Waals surface area contributed by atoms with Gasteiger partial charge in [0.1, 0.15) is 9.84 Å². The average Bonchev–Trinajstić information content (AvgIpc) is 2.56. The third-order valence-electron chi connectivity index (χ3n) is 3.57. The van der Waals surface area contributed by atoms with Crippen LogP contribution >= 0.6 is 0 Å². The van der Waals surface area contributed by atoms with Crippen molar-refractivity contribution in [2.24, 2.45) is 5.73 Å². The largest absolute Gasteiger partial charge is 0.376 e. The van der Waals surface area contributed by atoms with E-state index >= 15 is 0 Å². The van der Waals surface area contributed by atoms with Crippen molar-refractivity contribution in [1.82, 2.24) is 4.90 Å². The van der Waals surface area contributed by atoms with E-state index in [0.29, 0.717) is 19.7 Å².